The molecule has 2 heterocycles. The molecule has 3 N–H and O–H groups in total. The molecule has 7 heteroatoms. The number of carbonyl (C=O) groups excluding carboxylic acids is 1. The Morgan fingerprint density at radius 3 is 3.20 bits per heavy atom. The molecule has 0 atom stereocenters. The lowest BCUT2D eigenvalue weighted by atomic mass is 10.1. The number of hydrogen-bond acceptors (Lipinski definition) is 5. The van der Waals surface area contributed by atoms with E-state index in [9.17, 15) is 4.79 Å². The van der Waals surface area contributed by atoms with E-state index in [0.29, 0.717) is 24.6 Å². The second kappa shape index (κ2) is 3.86. The lowest BCUT2D eigenvalue weighted by Crippen LogP contribution is -2.37. The third-order valence-electron chi connectivity index (χ3n) is 2.25. The van der Waals surface area contributed by atoms with Crippen LogP contribution in [0.4, 0.5) is 11.6 Å². The first kappa shape index (κ1) is 9.91. The average Bonchev–Trinajstić information content (AvgIpc) is 2.36. The number of rotatable bonds is 1. The van der Waals surface area contributed by atoms with Gasteiger partial charge in [-0.2, -0.15) is 0 Å². The van der Waals surface area contributed by atoms with Gasteiger partial charge in [-0.05, 0) is 0 Å². The topological polar surface area (TPSA) is 84.1 Å². The van der Waals surface area contributed by atoms with Crippen molar-refractivity contribution >= 4 is 31.0 Å². The summed E-state index contributed by atoms with van der Waals surface area (Å²) in [7, 11) is 1.83. The van der Waals surface area contributed by atoms with E-state index in [2.05, 4.69) is 15.3 Å². The van der Waals surface area contributed by atoms with Gasteiger partial charge in [-0.3, -0.25) is 9.69 Å². The zero-order valence-corrected chi connectivity index (χ0v) is 8.53. The van der Waals surface area contributed by atoms with Crippen molar-refractivity contribution in [3.8, 4) is 0 Å². The molecule has 0 saturated heterocycles. The van der Waals surface area contributed by atoms with Crippen molar-refractivity contribution in [3.63, 3.8) is 0 Å². The molecule has 6 nitrogen and oxygen atoms in total. The molecule has 78 valence electrons. The van der Waals surface area contributed by atoms with Crippen molar-refractivity contribution < 1.29 is 4.79 Å². The summed E-state index contributed by atoms with van der Waals surface area (Å²) in [5, 5.41) is 3.06. The van der Waals surface area contributed by atoms with Gasteiger partial charge < -0.3 is 11.1 Å². The van der Waals surface area contributed by atoms with Crippen LogP contribution in [0.5, 0.6) is 0 Å². The number of amides is 1. The fourth-order valence-electron chi connectivity index (χ4n) is 1.51. The number of anilines is 2. The van der Waals surface area contributed by atoms with E-state index in [4.69, 9.17) is 5.73 Å². The van der Waals surface area contributed by atoms with Gasteiger partial charge in [-0.15, -0.1) is 0 Å². The minimum absolute atomic E-state index is 0.0244. The van der Waals surface area contributed by atoms with Crippen LogP contribution in [0, 0.1) is 0 Å². The second-order valence-corrected chi connectivity index (χ2v) is 3.36. The molecule has 2 rings (SSSR count). The maximum Gasteiger partial charge on any atom is 0.231 e. The molecule has 0 aliphatic carbocycles. The maximum atomic E-state index is 11.7. The summed E-state index contributed by atoms with van der Waals surface area (Å²) in [5.41, 5.74) is 6.30. The van der Waals surface area contributed by atoms with Crippen LogP contribution in [-0.4, -0.2) is 36.9 Å². The number of nitrogens with one attached hydrogen (secondary N) is 1. The van der Waals surface area contributed by atoms with Crippen molar-refractivity contribution in [1.82, 2.24) is 9.97 Å². The van der Waals surface area contributed by atoms with Crippen LogP contribution in [0.3, 0.4) is 0 Å². The fourth-order valence-corrected chi connectivity index (χ4v) is 1.51. The third kappa shape index (κ3) is 1.78. The Morgan fingerprint density at radius 2 is 2.47 bits per heavy atom. The Labute approximate surface area is 88.3 Å². The van der Waals surface area contributed by atoms with Crippen molar-refractivity contribution in [1.29, 1.82) is 0 Å². The molecule has 1 aromatic rings. The van der Waals surface area contributed by atoms with Crippen LogP contribution in [0.1, 0.15) is 6.42 Å². The number of nitrogens with two attached hydrogens (primary N) is 1. The number of hydrogen-bond donors (Lipinski definition) is 2. The van der Waals surface area contributed by atoms with Crippen LogP contribution in [-0.2, 0) is 4.79 Å². The second-order valence-electron chi connectivity index (χ2n) is 3.36. The van der Waals surface area contributed by atoms with Crippen LogP contribution < -0.4 is 21.5 Å². The lowest BCUT2D eigenvalue weighted by molar-refractivity contribution is -0.118. The van der Waals surface area contributed by atoms with Gasteiger partial charge in [0, 0.05) is 24.8 Å². The highest BCUT2D eigenvalue weighted by Gasteiger charge is 2.22. The van der Waals surface area contributed by atoms with Crippen molar-refractivity contribution in [2.45, 2.75) is 6.42 Å². The van der Waals surface area contributed by atoms with Gasteiger partial charge in [0.2, 0.25) is 5.91 Å². The summed E-state index contributed by atoms with van der Waals surface area (Å²) < 4.78 is 0. The zero-order chi connectivity index (χ0) is 10.8. The highest BCUT2D eigenvalue weighted by molar-refractivity contribution is 6.30. The summed E-state index contributed by atoms with van der Waals surface area (Å²) in [6.45, 7) is 0.700. The van der Waals surface area contributed by atoms with Gasteiger partial charge in [-0.1, -0.05) is 0 Å². The number of fused-ring (bicyclic) bond motifs is 1. The molecule has 0 aromatic carbocycles. The van der Waals surface area contributed by atoms with E-state index in [0.717, 1.165) is 5.59 Å². The molecule has 0 spiro atoms. The van der Waals surface area contributed by atoms with E-state index in [-0.39, 0.29) is 12.6 Å². The molecular weight excluding hydrogens is 193 g/mol. The Morgan fingerprint density at radius 1 is 1.67 bits per heavy atom. The van der Waals surface area contributed by atoms with Gasteiger partial charge in [-0.25, -0.2) is 9.97 Å². The van der Waals surface area contributed by atoms with Crippen LogP contribution >= 0.6 is 0 Å². The average molecular weight is 205 g/mol. The molecule has 1 aliphatic rings. The van der Waals surface area contributed by atoms with Gasteiger partial charge in [0.25, 0.3) is 0 Å². The molecule has 0 bridgehead atoms. The summed E-state index contributed by atoms with van der Waals surface area (Å²) in [4.78, 5) is 21.6. The van der Waals surface area contributed by atoms with E-state index < -0.39 is 0 Å². The maximum absolute atomic E-state index is 11.7. The van der Waals surface area contributed by atoms with Crippen molar-refractivity contribution in [2.24, 2.45) is 5.73 Å². The Bertz CT molecular complexity index is 397. The molecular formula is C8H12BN5O. The number of aromatic nitrogens is 2. The van der Waals surface area contributed by atoms with Gasteiger partial charge >= 0.3 is 0 Å². The van der Waals surface area contributed by atoms with E-state index in [1.54, 1.807) is 6.20 Å². The highest BCUT2D eigenvalue weighted by Crippen LogP contribution is 2.21. The molecule has 0 fully saturated rings. The number of carbonyl (C=O) groups is 1. The molecule has 0 saturated carbocycles. The minimum atomic E-state index is -0.0244. The monoisotopic (exact) mass is 205 g/mol. The summed E-state index contributed by atoms with van der Waals surface area (Å²) in [6, 6.07) is 0. The predicted octanol–water partition coefficient (Wildman–Crippen LogP) is -2.20. The fraction of sp³-hybridized carbons (Fsp3) is 0.375. The standard InChI is InChI=1S/C8H12BN5O/c9-5-3-12-7-8(13-5)14(4-10)6(15)1-2-11-7/h3H,1-2,4,9-10H2,(H,11,12). The summed E-state index contributed by atoms with van der Waals surface area (Å²) >= 11 is 0. The summed E-state index contributed by atoms with van der Waals surface area (Å²) in [5.74, 6) is 1.13. The molecule has 1 amide bonds. The van der Waals surface area contributed by atoms with E-state index >= 15 is 0 Å². The smallest absolute Gasteiger partial charge is 0.231 e. The minimum Gasteiger partial charge on any atom is -0.366 e. The quantitative estimate of drug-likeness (QED) is 0.508. The SMILES string of the molecule is Bc1cnc2c(n1)N(CN)C(=O)CCN2. The first-order chi connectivity index (χ1) is 7.22. The molecule has 1 aromatic heterocycles. The van der Waals surface area contributed by atoms with Crippen molar-refractivity contribution in [2.75, 3.05) is 23.4 Å². The van der Waals surface area contributed by atoms with Crippen LogP contribution in [0.25, 0.3) is 0 Å². The summed E-state index contributed by atoms with van der Waals surface area (Å²) in [6.07, 6.45) is 2.07. The zero-order valence-electron chi connectivity index (χ0n) is 8.53. The Kier molecular flexibility index (Phi) is 2.55. The van der Waals surface area contributed by atoms with E-state index in [1.807, 2.05) is 7.85 Å². The van der Waals surface area contributed by atoms with Crippen LogP contribution in [0.2, 0.25) is 0 Å². The predicted molar refractivity (Wildman–Crippen MR) is 59.9 cm³/mol. The first-order valence-electron chi connectivity index (χ1n) is 4.80. The normalized spacial score (nSPS) is 15.5. The molecule has 0 unspecified atom stereocenters. The largest absolute Gasteiger partial charge is 0.366 e. The molecule has 0 radical (unpaired) electrons. The van der Waals surface area contributed by atoms with Crippen molar-refractivity contribution in [3.05, 3.63) is 6.20 Å². The third-order valence-corrected chi connectivity index (χ3v) is 2.25. The molecule has 15 heavy (non-hydrogen) atoms. The Balaban J connectivity index is 2.49. The highest BCUT2D eigenvalue weighted by atomic mass is 16.2. The van der Waals surface area contributed by atoms with Gasteiger partial charge in [0.05, 0.1) is 6.67 Å². The Hall–Kier alpha value is -1.63. The first-order valence-corrected chi connectivity index (χ1v) is 4.80. The number of nitrogens with zero attached hydrogens (tertiary/aromatic N) is 3. The molecule has 1 aliphatic heterocycles. The lowest BCUT2D eigenvalue weighted by Gasteiger charge is -2.18. The van der Waals surface area contributed by atoms with E-state index in [1.165, 1.54) is 4.90 Å². The van der Waals surface area contributed by atoms with Gasteiger partial charge in [0.15, 0.2) is 19.5 Å². The van der Waals surface area contributed by atoms with Gasteiger partial charge in [0.1, 0.15) is 0 Å². The van der Waals surface area contributed by atoms with Crippen LogP contribution in [0.15, 0.2) is 6.20 Å².